The third kappa shape index (κ3) is 11.3. The molecule has 0 N–H and O–H groups in total. The van der Waals surface area contributed by atoms with Gasteiger partial charge in [0.15, 0.2) is 5.71 Å². The summed E-state index contributed by atoms with van der Waals surface area (Å²) in [4.78, 5) is 2.41. The number of nitrogens with zero attached hydrogens (tertiary/aromatic N) is 2. The number of ether oxygens (including phenoxy) is 1. The lowest BCUT2D eigenvalue weighted by atomic mass is 9.74. The normalized spacial score (nSPS) is 21.0. The quantitative estimate of drug-likeness (QED) is 0.0711. The van der Waals surface area contributed by atoms with Crippen molar-refractivity contribution in [3.63, 3.8) is 0 Å². The van der Waals surface area contributed by atoms with Crippen LogP contribution in [-0.4, -0.2) is 64.9 Å². The Bertz CT molecular complexity index is 2910. The summed E-state index contributed by atoms with van der Waals surface area (Å²) in [6.45, 7) is 8.97. The zero-order chi connectivity index (χ0) is 51.5. The van der Waals surface area contributed by atoms with Crippen LogP contribution in [0.15, 0.2) is 143 Å². The van der Waals surface area contributed by atoms with Gasteiger partial charge in [0.2, 0.25) is 5.69 Å². The molecule has 7 nitrogen and oxygen atoms in total. The first-order valence-electron chi connectivity index (χ1n) is 22.4. The number of sulfone groups is 2. The monoisotopic (exact) mass is 1070 g/mol. The molecule has 3 aliphatic rings. The Balaban J connectivity index is 0.000000432. The molecule has 2 atom stereocenters. The molecule has 7 rings (SSSR count). The predicted molar refractivity (Wildman–Crippen MR) is 268 cm³/mol. The van der Waals surface area contributed by atoms with Crippen LogP contribution in [0.4, 0.5) is 37.7 Å². The lowest BCUT2D eigenvalue weighted by Crippen LogP contribution is -2.37. The van der Waals surface area contributed by atoms with Gasteiger partial charge in [-0.1, -0.05) is 119 Å². The molecule has 0 saturated heterocycles. The number of allylic oxidation sites excluding steroid dienone is 8. The van der Waals surface area contributed by atoms with Crippen molar-refractivity contribution in [2.24, 2.45) is 0 Å². The number of methoxy groups -OCH3 is 1. The molecule has 0 saturated carbocycles. The minimum atomic E-state index is -6.51. The van der Waals surface area contributed by atoms with Crippen molar-refractivity contribution in [3.05, 3.63) is 180 Å². The van der Waals surface area contributed by atoms with Gasteiger partial charge < -0.3 is 9.64 Å². The van der Waals surface area contributed by atoms with Crippen LogP contribution < -0.4 is 4.90 Å². The van der Waals surface area contributed by atoms with E-state index in [-0.39, 0.29) is 17.8 Å². The molecule has 0 fully saturated rings. The summed E-state index contributed by atoms with van der Waals surface area (Å²) in [7, 11) is -11.3. The van der Waals surface area contributed by atoms with E-state index in [1.807, 2.05) is 12.1 Å². The molecule has 0 radical (unpaired) electrons. The highest BCUT2D eigenvalue weighted by atomic mass is 35.5. The number of anilines is 1. The Morgan fingerprint density at radius 2 is 1.29 bits per heavy atom. The first kappa shape index (κ1) is 54.9. The lowest BCUT2D eigenvalue weighted by Gasteiger charge is -2.31. The molecule has 376 valence electrons. The summed E-state index contributed by atoms with van der Waals surface area (Å²) >= 11 is 20.7. The number of halogens is 9. The summed E-state index contributed by atoms with van der Waals surface area (Å²) < 4.78 is 118. The smallest absolute Gasteiger partial charge is 0.383 e. The van der Waals surface area contributed by atoms with Crippen molar-refractivity contribution in [3.8, 4) is 0 Å². The highest BCUT2D eigenvalue weighted by Gasteiger charge is 2.52. The standard InChI is InChI=1S/C48H50Cl3N2O.C4H3F6O4S2/c1-5-27-52-42-23-21-38(49)30-40(42)47(2,32-34-13-8-6-9-14-34)44(52)25-19-36-17-12-18-37(46(36)51)20-26-45-48(3,33-35-15-10-7-11-16-35)41-31-39(50)22-24-43(41)53(45)28-29-54-4;1-2(15(11,12)3(5,6)7)16(13,14)4(8,9)10/h6-11,13-16,19-26,30-31H,5,12,17-18,27-29,32-33H2,1-4H3;1H3/q+1;-1. The molecule has 4 aromatic rings. The Hall–Kier alpha value is -4.38. The van der Waals surface area contributed by atoms with Crippen LogP contribution in [0.2, 0.25) is 10.0 Å². The Morgan fingerprint density at radius 3 is 1.83 bits per heavy atom. The zero-order valence-corrected chi connectivity index (χ0v) is 43.0. The number of hydrogen-bond acceptors (Lipinski definition) is 6. The largest absolute Gasteiger partial charge is 0.469 e. The van der Waals surface area contributed by atoms with E-state index in [4.69, 9.17) is 39.5 Å². The van der Waals surface area contributed by atoms with E-state index in [0.717, 1.165) is 66.7 Å². The van der Waals surface area contributed by atoms with Gasteiger partial charge in [-0.25, -0.2) is 0 Å². The number of fused-ring (bicyclic) bond motifs is 2. The summed E-state index contributed by atoms with van der Waals surface area (Å²) in [5, 5.41) is 2.37. The zero-order valence-electron chi connectivity index (χ0n) is 39.1. The van der Waals surface area contributed by atoms with Gasteiger partial charge in [0, 0.05) is 69.7 Å². The first-order chi connectivity index (χ1) is 32.8. The lowest BCUT2D eigenvalue weighted by molar-refractivity contribution is -0.437. The molecule has 0 amide bonds. The maximum absolute atomic E-state index is 11.8. The van der Waals surface area contributed by atoms with Gasteiger partial charge in [0.1, 0.15) is 26.2 Å². The molecule has 0 bridgehead atoms. The molecular weight excluding hydrogens is 1020 g/mol. The molecule has 2 heterocycles. The first-order valence-corrected chi connectivity index (χ1v) is 26.5. The van der Waals surface area contributed by atoms with Crippen LogP contribution in [0, 0.1) is 4.58 Å². The van der Waals surface area contributed by atoms with Crippen LogP contribution in [0.25, 0.3) is 0 Å². The van der Waals surface area contributed by atoms with Crippen molar-refractivity contribution in [2.75, 3.05) is 31.7 Å². The van der Waals surface area contributed by atoms with Crippen molar-refractivity contribution in [1.82, 2.24) is 0 Å². The third-order valence-electron chi connectivity index (χ3n) is 12.9. The highest BCUT2D eigenvalue weighted by Crippen LogP contribution is 2.51. The fraction of sp³-hybridized carbons (Fsp3) is 0.346. The summed E-state index contributed by atoms with van der Waals surface area (Å²) in [6.07, 6.45) is 14.9. The third-order valence-corrected chi connectivity index (χ3v) is 17.9. The fourth-order valence-corrected chi connectivity index (χ4v) is 12.4. The Kier molecular flexibility index (Phi) is 17.1. The predicted octanol–water partition coefficient (Wildman–Crippen LogP) is 14.1. The SMILES string of the molecule is CCC[N+]1=C(C=CC2=C(Cl)C(=CC=C3N(CCOC)c4ccc(Cl)cc4C3(C)Cc3ccccc3)CCC2)C(C)(Cc2ccccc2)c2cc(Cl)ccc21.C[C-](S(=O)(=O)C(F)(F)F)S(=O)(=O)C(F)(F)F. The average molecular weight is 1070 g/mol. The van der Waals surface area contributed by atoms with Gasteiger partial charge in [0.25, 0.3) is 0 Å². The van der Waals surface area contributed by atoms with E-state index >= 15 is 0 Å². The molecular formula is C52H53Cl3F6N2O5S2. The van der Waals surface area contributed by atoms with E-state index < -0.39 is 35.3 Å². The molecule has 1 aliphatic carbocycles. The van der Waals surface area contributed by atoms with Crippen molar-refractivity contribution in [2.45, 2.75) is 88.1 Å². The molecule has 0 aromatic heterocycles. The van der Waals surface area contributed by atoms with Crippen molar-refractivity contribution >= 4 is 71.6 Å². The van der Waals surface area contributed by atoms with Crippen LogP contribution in [-0.2, 0) is 48.1 Å². The van der Waals surface area contributed by atoms with Gasteiger partial charge in [-0.15, -0.1) is 0 Å². The fourth-order valence-electron chi connectivity index (χ4n) is 9.36. The second-order valence-corrected chi connectivity index (χ2v) is 23.3. The van der Waals surface area contributed by atoms with Gasteiger partial charge in [-0.05, 0) is 110 Å². The molecule has 70 heavy (non-hydrogen) atoms. The molecule has 18 heteroatoms. The summed E-state index contributed by atoms with van der Waals surface area (Å²) in [5.41, 5.74) is -0.383. The average Bonchev–Trinajstić information content (AvgIpc) is 3.65. The summed E-state index contributed by atoms with van der Waals surface area (Å²) in [5.74, 6) is 0. The van der Waals surface area contributed by atoms with Crippen LogP contribution in [0.3, 0.4) is 0 Å². The molecule has 2 unspecified atom stereocenters. The van der Waals surface area contributed by atoms with Gasteiger partial charge in [0.05, 0.1) is 12.0 Å². The summed E-state index contributed by atoms with van der Waals surface area (Å²) in [6, 6.07) is 34.2. The number of benzene rings is 4. The van der Waals surface area contributed by atoms with Crippen molar-refractivity contribution < 1.29 is 52.5 Å². The van der Waals surface area contributed by atoms with Gasteiger partial charge in [-0.2, -0.15) is 37.8 Å². The maximum Gasteiger partial charge on any atom is 0.469 e. The number of rotatable bonds is 14. The van der Waals surface area contributed by atoms with E-state index in [1.54, 1.807) is 7.11 Å². The molecule has 4 aromatic carbocycles. The van der Waals surface area contributed by atoms with Crippen LogP contribution >= 0.6 is 34.8 Å². The van der Waals surface area contributed by atoms with E-state index in [2.05, 4.69) is 139 Å². The molecule has 0 spiro atoms. The number of hydrogen-bond donors (Lipinski definition) is 0. The topological polar surface area (TPSA) is 83.8 Å². The van der Waals surface area contributed by atoms with Gasteiger partial charge in [-0.3, -0.25) is 16.8 Å². The number of alkyl halides is 6. The van der Waals surface area contributed by atoms with E-state index in [1.165, 1.54) is 56.2 Å². The van der Waals surface area contributed by atoms with Crippen LogP contribution in [0.1, 0.15) is 75.6 Å². The second kappa shape index (κ2) is 21.8. The second-order valence-electron chi connectivity index (χ2n) is 17.7. The van der Waals surface area contributed by atoms with E-state index in [9.17, 15) is 43.2 Å². The van der Waals surface area contributed by atoms with Crippen molar-refractivity contribution in [1.29, 1.82) is 0 Å². The molecule has 2 aliphatic heterocycles. The van der Waals surface area contributed by atoms with Gasteiger partial charge >= 0.3 is 11.0 Å². The Labute approximate surface area is 421 Å². The Morgan fingerprint density at radius 1 is 0.743 bits per heavy atom. The van der Waals surface area contributed by atoms with E-state index in [0.29, 0.717) is 6.61 Å². The highest BCUT2D eigenvalue weighted by molar-refractivity contribution is 8.13. The minimum Gasteiger partial charge on any atom is -0.383 e. The minimum absolute atomic E-state index is 0.257. The maximum atomic E-state index is 11.8. The van der Waals surface area contributed by atoms with Crippen LogP contribution in [0.5, 0.6) is 0 Å².